The highest BCUT2D eigenvalue weighted by molar-refractivity contribution is 6.28. The molecule has 0 bridgehead atoms. The van der Waals surface area contributed by atoms with Crippen molar-refractivity contribution in [3.63, 3.8) is 0 Å². The summed E-state index contributed by atoms with van der Waals surface area (Å²) < 4.78 is 1.99. The Morgan fingerprint density at radius 2 is 1.89 bits per heavy atom. The van der Waals surface area contributed by atoms with Crippen molar-refractivity contribution >= 4 is 34.4 Å². The summed E-state index contributed by atoms with van der Waals surface area (Å²) in [5, 5.41) is 10.9. The van der Waals surface area contributed by atoms with E-state index >= 15 is 0 Å². The summed E-state index contributed by atoms with van der Waals surface area (Å²) in [6.45, 7) is 2.08. The number of anilines is 1. The fourth-order valence-corrected chi connectivity index (χ4v) is 3.70. The highest BCUT2D eigenvalue weighted by Crippen LogP contribution is 2.31. The summed E-state index contributed by atoms with van der Waals surface area (Å²) >= 11 is 6.25. The number of halogens is 1. The Kier molecular flexibility index (Phi) is 5.15. The van der Waals surface area contributed by atoms with Gasteiger partial charge in [0.05, 0.1) is 23.3 Å². The zero-order valence-electron chi connectivity index (χ0n) is 15.8. The van der Waals surface area contributed by atoms with Crippen LogP contribution < -0.4 is 10.6 Å². The molecule has 2 N–H and O–H groups in total. The summed E-state index contributed by atoms with van der Waals surface area (Å²) in [6, 6.07) is 7.50. The summed E-state index contributed by atoms with van der Waals surface area (Å²) in [5.41, 5.74) is 3.08. The van der Waals surface area contributed by atoms with Gasteiger partial charge in [0.15, 0.2) is 5.65 Å². The molecule has 0 radical (unpaired) electrons. The van der Waals surface area contributed by atoms with E-state index in [1.54, 1.807) is 7.05 Å². The van der Waals surface area contributed by atoms with Crippen molar-refractivity contribution in [1.82, 2.24) is 30.0 Å². The molecule has 1 aliphatic heterocycles. The zero-order chi connectivity index (χ0) is 19.7. The zero-order valence-corrected chi connectivity index (χ0v) is 16.6. The molecule has 4 rings (SSSR count). The third kappa shape index (κ3) is 3.65. The number of carbonyl (C=O) groups is 1. The lowest BCUT2D eigenvalue weighted by Gasteiger charge is -2.29. The van der Waals surface area contributed by atoms with Crippen LogP contribution in [0.4, 0.5) is 10.5 Å². The molecule has 146 valence electrons. The summed E-state index contributed by atoms with van der Waals surface area (Å²) in [6.07, 6.45) is 3.88. The molecule has 1 saturated heterocycles. The number of likely N-dealkylation sites (tertiary alicyclic amines) is 1. The molecule has 0 spiro atoms. The van der Waals surface area contributed by atoms with E-state index in [9.17, 15) is 4.79 Å². The van der Waals surface area contributed by atoms with Gasteiger partial charge < -0.3 is 15.5 Å². The lowest BCUT2D eigenvalue weighted by atomic mass is 10.1. The number of hydrogen-bond acceptors (Lipinski definition) is 5. The minimum Gasteiger partial charge on any atom is -0.341 e. The number of carbonyl (C=O) groups excluding carboxylic acids is 1. The molecule has 0 atom stereocenters. The minimum absolute atomic E-state index is 0.199. The first-order valence-electron chi connectivity index (χ1n) is 9.23. The van der Waals surface area contributed by atoms with Gasteiger partial charge >= 0.3 is 6.03 Å². The number of nitrogens with zero attached hydrogens (tertiary/aromatic N) is 5. The number of aromatic nitrogens is 4. The number of urea groups is 1. The molecule has 1 aromatic carbocycles. The highest BCUT2D eigenvalue weighted by atomic mass is 35.5. The fourth-order valence-electron chi connectivity index (χ4n) is 3.53. The van der Waals surface area contributed by atoms with Crippen molar-refractivity contribution in [2.75, 3.05) is 32.5 Å². The molecule has 3 aromatic rings. The van der Waals surface area contributed by atoms with E-state index in [0.29, 0.717) is 11.7 Å². The van der Waals surface area contributed by atoms with Crippen LogP contribution in [0.25, 0.3) is 22.3 Å². The number of rotatable bonds is 3. The SMILES string of the molecule is CNC(=O)Nc1ccc(-c2nc(Cl)nc3c2cnn3C2CCN(C)CC2)cc1. The van der Waals surface area contributed by atoms with Gasteiger partial charge in [-0.2, -0.15) is 10.1 Å². The van der Waals surface area contributed by atoms with E-state index in [4.69, 9.17) is 11.6 Å². The van der Waals surface area contributed by atoms with E-state index in [2.05, 4.69) is 37.6 Å². The third-order valence-corrected chi connectivity index (χ3v) is 5.27. The normalized spacial score (nSPS) is 15.7. The molecule has 2 aromatic heterocycles. The van der Waals surface area contributed by atoms with Crippen LogP contribution in [-0.4, -0.2) is 57.9 Å². The number of fused-ring (bicyclic) bond motifs is 1. The monoisotopic (exact) mass is 399 g/mol. The summed E-state index contributed by atoms with van der Waals surface area (Å²) in [5.74, 6) is 0. The number of nitrogens with one attached hydrogen (secondary N) is 2. The quantitative estimate of drug-likeness (QED) is 0.660. The predicted molar refractivity (Wildman–Crippen MR) is 110 cm³/mol. The summed E-state index contributed by atoms with van der Waals surface area (Å²) in [7, 11) is 3.71. The average molecular weight is 400 g/mol. The molecule has 2 amide bonds. The molecule has 9 heteroatoms. The van der Waals surface area contributed by atoms with E-state index in [1.807, 2.05) is 35.1 Å². The van der Waals surface area contributed by atoms with Gasteiger partial charge in [-0.3, -0.25) is 0 Å². The van der Waals surface area contributed by atoms with Crippen LogP contribution in [0.15, 0.2) is 30.5 Å². The minimum atomic E-state index is -0.264. The molecule has 1 fully saturated rings. The first-order valence-corrected chi connectivity index (χ1v) is 9.61. The first kappa shape index (κ1) is 18.6. The van der Waals surface area contributed by atoms with Crippen LogP contribution in [0.1, 0.15) is 18.9 Å². The van der Waals surface area contributed by atoms with Gasteiger partial charge in [-0.15, -0.1) is 0 Å². The standard InChI is InChI=1S/C19H22ClN7O/c1-21-19(28)23-13-5-3-12(4-6-13)16-15-11-22-27(17(15)25-18(20)24-16)14-7-9-26(2)10-8-14/h3-6,11,14H,7-10H2,1-2H3,(H2,21,23,28). The fraction of sp³-hybridized carbons (Fsp3) is 0.368. The second kappa shape index (κ2) is 7.73. The lowest BCUT2D eigenvalue weighted by molar-refractivity contribution is 0.215. The maximum absolute atomic E-state index is 11.5. The number of hydrogen-bond donors (Lipinski definition) is 2. The van der Waals surface area contributed by atoms with Crippen LogP contribution in [0.3, 0.4) is 0 Å². The second-order valence-corrected chi connectivity index (χ2v) is 7.32. The largest absolute Gasteiger partial charge is 0.341 e. The third-order valence-electron chi connectivity index (χ3n) is 5.10. The molecule has 3 heterocycles. The van der Waals surface area contributed by atoms with E-state index in [-0.39, 0.29) is 11.3 Å². The van der Waals surface area contributed by atoms with E-state index in [1.165, 1.54) is 0 Å². The highest BCUT2D eigenvalue weighted by Gasteiger charge is 2.23. The predicted octanol–water partition coefficient (Wildman–Crippen LogP) is 3.16. The Morgan fingerprint density at radius 3 is 2.57 bits per heavy atom. The van der Waals surface area contributed by atoms with Crippen LogP contribution in [0.5, 0.6) is 0 Å². The van der Waals surface area contributed by atoms with Gasteiger partial charge in [-0.25, -0.2) is 14.5 Å². The molecular weight excluding hydrogens is 378 g/mol. The van der Waals surface area contributed by atoms with Gasteiger partial charge in [-0.05, 0) is 56.7 Å². The van der Waals surface area contributed by atoms with Crippen LogP contribution >= 0.6 is 11.6 Å². The van der Waals surface area contributed by atoms with Gasteiger partial charge in [0.1, 0.15) is 0 Å². The van der Waals surface area contributed by atoms with Crippen molar-refractivity contribution in [1.29, 1.82) is 0 Å². The Morgan fingerprint density at radius 1 is 1.18 bits per heavy atom. The van der Waals surface area contributed by atoms with Crippen LogP contribution in [-0.2, 0) is 0 Å². The topological polar surface area (TPSA) is 88.0 Å². The number of benzene rings is 1. The van der Waals surface area contributed by atoms with Crippen LogP contribution in [0.2, 0.25) is 5.28 Å². The number of amides is 2. The Hall–Kier alpha value is -2.71. The first-order chi connectivity index (χ1) is 13.5. The maximum Gasteiger partial charge on any atom is 0.318 e. The van der Waals surface area contributed by atoms with E-state index in [0.717, 1.165) is 48.2 Å². The molecule has 1 aliphatic rings. The van der Waals surface area contributed by atoms with Crippen molar-refractivity contribution in [3.05, 3.63) is 35.7 Å². The maximum atomic E-state index is 11.5. The van der Waals surface area contributed by atoms with Crippen molar-refractivity contribution in [3.8, 4) is 11.3 Å². The molecule has 8 nitrogen and oxygen atoms in total. The smallest absolute Gasteiger partial charge is 0.318 e. The van der Waals surface area contributed by atoms with Crippen LogP contribution in [0, 0.1) is 0 Å². The molecule has 28 heavy (non-hydrogen) atoms. The van der Waals surface area contributed by atoms with Gasteiger partial charge in [-0.1, -0.05) is 12.1 Å². The van der Waals surface area contributed by atoms with Crippen molar-refractivity contribution < 1.29 is 4.79 Å². The lowest BCUT2D eigenvalue weighted by Crippen LogP contribution is -2.31. The Bertz CT molecular complexity index is 993. The molecule has 0 unspecified atom stereocenters. The van der Waals surface area contributed by atoms with Crippen molar-refractivity contribution in [2.24, 2.45) is 0 Å². The molecule has 0 saturated carbocycles. The number of piperidine rings is 1. The Labute approximate surface area is 167 Å². The Balaban J connectivity index is 1.69. The van der Waals surface area contributed by atoms with Crippen molar-refractivity contribution in [2.45, 2.75) is 18.9 Å². The average Bonchev–Trinajstić information content (AvgIpc) is 3.12. The summed E-state index contributed by atoms with van der Waals surface area (Å²) in [4.78, 5) is 22.7. The van der Waals surface area contributed by atoms with Gasteiger partial charge in [0, 0.05) is 18.3 Å². The molecular formula is C19H22ClN7O. The van der Waals surface area contributed by atoms with Gasteiger partial charge in [0.25, 0.3) is 0 Å². The second-order valence-electron chi connectivity index (χ2n) is 6.98. The van der Waals surface area contributed by atoms with Gasteiger partial charge in [0.2, 0.25) is 5.28 Å². The molecule has 0 aliphatic carbocycles. The van der Waals surface area contributed by atoms with E-state index < -0.39 is 0 Å².